The number of aryl methyl sites for hydroxylation is 1. The first kappa shape index (κ1) is 31.7. The summed E-state index contributed by atoms with van der Waals surface area (Å²) in [5.74, 6) is -0.844. The first-order valence-electron chi connectivity index (χ1n) is 14.5. The van der Waals surface area contributed by atoms with Gasteiger partial charge in [0.05, 0.1) is 11.3 Å². The maximum atomic E-state index is 15.2. The lowest BCUT2D eigenvalue weighted by Gasteiger charge is -2.29. The number of carbonyl (C=O) groups is 3. The molecule has 43 heavy (non-hydrogen) atoms. The largest absolute Gasteiger partial charge is 0.444 e. The second kappa shape index (κ2) is 12.6. The molecule has 4 rings (SSSR count). The van der Waals surface area contributed by atoms with Gasteiger partial charge in [0, 0.05) is 43.6 Å². The summed E-state index contributed by atoms with van der Waals surface area (Å²) in [6, 6.07) is 6.50. The summed E-state index contributed by atoms with van der Waals surface area (Å²) < 4.78 is 26.1. The Morgan fingerprint density at radius 2 is 1.42 bits per heavy atom. The minimum atomic E-state index is -0.581. The van der Waals surface area contributed by atoms with Gasteiger partial charge in [-0.1, -0.05) is 12.2 Å². The number of carbonyl (C=O) groups excluding carboxylic acids is 3. The molecule has 0 atom stereocenters. The van der Waals surface area contributed by atoms with Crippen LogP contribution in [0.25, 0.3) is 11.1 Å². The van der Waals surface area contributed by atoms with Gasteiger partial charge in [-0.05, 0) is 102 Å². The van der Waals surface area contributed by atoms with Crippen molar-refractivity contribution >= 4 is 34.9 Å². The average Bonchev–Trinajstić information content (AvgIpc) is 2.93. The van der Waals surface area contributed by atoms with Crippen LogP contribution in [0.1, 0.15) is 81.6 Å². The van der Waals surface area contributed by atoms with Crippen LogP contribution >= 0.6 is 0 Å². The van der Waals surface area contributed by atoms with E-state index in [2.05, 4.69) is 10.3 Å². The van der Waals surface area contributed by atoms with E-state index in [1.54, 1.807) is 28.0 Å². The topological polar surface area (TPSA) is 101 Å². The number of aromatic nitrogens is 1. The van der Waals surface area contributed by atoms with Gasteiger partial charge in [0.2, 0.25) is 0 Å². The number of hydrogen-bond acceptors (Lipinski definition) is 6. The minimum Gasteiger partial charge on any atom is -0.444 e. The Balaban J connectivity index is 1.37. The fraction of sp³-hybridized carbons (Fsp3) is 0.455. The predicted molar refractivity (Wildman–Crippen MR) is 164 cm³/mol. The summed E-state index contributed by atoms with van der Waals surface area (Å²) in [6.07, 6.45) is 5.67. The molecule has 0 bridgehead atoms. The Kier molecular flexibility index (Phi) is 9.27. The van der Waals surface area contributed by atoms with Crippen molar-refractivity contribution in [3.8, 4) is 0 Å². The smallest absolute Gasteiger partial charge is 0.410 e. The Labute approximate surface area is 252 Å². The molecular formula is C33H41FN4O5. The van der Waals surface area contributed by atoms with E-state index in [-0.39, 0.29) is 12.2 Å². The monoisotopic (exact) mass is 592 g/mol. The summed E-state index contributed by atoms with van der Waals surface area (Å²) in [4.78, 5) is 45.3. The molecule has 3 amide bonds. The quantitative estimate of drug-likeness (QED) is 0.418. The summed E-state index contributed by atoms with van der Waals surface area (Å²) in [7, 11) is 0. The highest BCUT2D eigenvalue weighted by Crippen LogP contribution is 2.30. The first-order valence-corrected chi connectivity index (χ1v) is 14.5. The first-order chi connectivity index (χ1) is 20.1. The second-order valence-electron chi connectivity index (χ2n) is 12.8. The lowest BCUT2D eigenvalue weighted by Crippen LogP contribution is -2.39. The van der Waals surface area contributed by atoms with Gasteiger partial charge in [0.1, 0.15) is 17.0 Å². The number of ether oxygens (including phenoxy) is 2. The number of nitrogens with zero attached hydrogens (tertiary/aromatic N) is 3. The summed E-state index contributed by atoms with van der Waals surface area (Å²) in [6.45, 7) is 14.5. The maximum Gasteiger partial charge on any atom is 0.410 e. The highest BCUT2D eigenvalue weighted by Gasteiger charge is 2.26. The van der Waals surface area contributed by atoms with E-state index < -0.39 is 22.9 Å². The van der Waals surface area contributed by atoms with Gasteiger partial charge < -0.3 is 24.6 Å². The van der Waals surface area contributed by atoms with Gasteiger partial charge in [-0.2, -0.15) is 0 Å². The molecule has 0 saturated carbocycles. The molecule has 3 heterocycles. The molecule has 2 aromatic rings. The van der Waals surface area contributed by atoms with Crippen LogP contribution in [0.4, 0.5) is 19.7 Å². The predicted octanol–water partition coefficient (Wildman–Crippen LogP) is 6.83. The van der Waals surface area contributed by atoms with Crippen molar-refractivity contribution < 1.29 is 28.2 Å². The average molecular weight is 593 g/mol. The van der Waals surface area contributed by atoms with Crippen LogP contribution in [0.2, 0.25) is 0 Å². The Morgan fingerprint density at radius 3 is 1.88 bits per heavy atom. The van der Waals surface area contributed by atoms with Crippen LogP contribution in [0, 0.1) is 12.7 Å². The van der Waals surface area contributed by atoms with Crippen molar-refractivity contribution in [1.29, 1.82) is 0 Å². The summed E-state index contributed by atoms with van der Waals surface area (Å²) in [5, 5.41) is 2.80. The molecule has 0 spiro atoms. The van der Waals surface area contributed by atoms with Crippen molar-refractivity contribution in [3.05, 3.63) is 70.8 Å². The molecule has 0 saturated heterocycles. The molecule has 9 nitrogen and oxygen atoms in total. The zero-order valence-corrected chi connectivity index (χ0v) is 26.0. The number of pyridine rings is 1. The molecule has 1 aromatic carbocycles. The van der Waals surface area contributed by atoms with E-state index in [1.807, 2.05) is 60.6 Å². The summed E-state index contributed by atoms with van der Waals surface area (Å²) >= 11 is 0. The third-order valence-corrected chi connectivity index (χ3v) is 6.98. The molecule has 0 fully saturated rings. The Hall–Kier alpha value is -4.21. The maximum absolute atomic E-state index is 15.2. The van der Waals surface area contributed by atoms with Crippen molar-refractivity contribution in [3.63, 3.8) is 0 Å². The number of nitrogens with one attached hydrogen (secondary N) is 1. The molecule has 2 aliphatic rings. The number of amides is 3. The van der Waals surface area contributed by atoms with E-state index in [0.717, 1.165) is 16.8 Å². The van der Waals surface area contributed by atoms with Crippen LogP contribution in [0.5, 0.6) is 0 Å². The molecule has 0 radical (unpaired) electrons. The standard InChI is InChI=1S/C33H41FN4O5/c1-21-18-25(22-10-14-37(15-11-22)30(40)42-32(2,3)4)26(34)19-28(21)36-29(39)24-8-9-27(35-20-24)23-12-16-38(17-13-23)31(41)43-33(5,6)7/h8-10,12,18-20H,11,13-17H2,1-7H3,(H,36,39). The van der Waals surface area contributed by atoms with Crippen LogP contribution < -0.4 is 5.32 Å². The van der Waals surface area contributed by atoms with Gasteiger partial charge in [0.25, 0.3) is 5.91 Å². The molecule has 10 heteroatoms. The SMILES string of the molecule is Cc1cc(C2=CCN(C(=O)OC(C)(C)C)CC2)c(F)cc1NC(=O)c1ccc(C2=CCN(C(=O)OC(C)(C)C)CC2)nc1. The fourth-order valence-electron chi connectivity index (χ4n) is 4.78. The van der Waals surface area contributed by atoms with E-state index in [0.29, 0.717) is 61.4 Å². The van der Waals surface area contributed by atoms with Crippen molar-refractivity contribution in [2.75, 3.05) is 31.5 Å². The molecule has 1 aromatic heterocycles. The van der Waals surface area contributed by atoms with E-state index in [4.69, 9.17) is 9.47 Å². The highest BCUT2D eigenvalue weighted by molar-refractivity contribution is 6.04. The lowest BCUT2D eigenvalue weighted by atomic mass is 9.96. The lowest BCUT2D eigenvalue weighted by molar-refractivity contribution is 0.0260. The second-order valence-corrected chi connectivity index (χ2v) is 12.8. The molecule has 230 valence electrons. The molecule has 1 N–H and O–H groups in total. The van der Waals surface area contributed by atoms with Crippen LogP contribution in [-0.4, -0.2) is 70.3 Å². The third kappa shape index (κ3) is 8.43. The number of halogens is 1. The zero-order valence-electron chi connectivity index (χ0n) is 26.0. The van der Waals surface area contributed by atoms with E-state index in [9.17, 15) is 14.4 Å². The molecule has 2 aliphatic heterocycles. The Morgan fingerprint density at radius 1 is 0.860 bits per heavy atom. The van der Waals surface area contributed by atoms with Crippen molar-refractivity contribution in [1.82, 2.24) is 14.8 Å². The van der Waals surface area contributed by atoms with Gasteiger partial charge in [-0.25, -0.2) is 14.0 Å². The van der Waals surface area contributed by atoms with Crippen molar-refractivity contribution in [2.45, 2.75) is 72.5 Å². The van der Waals surface area contributed by atoms with Gasteiger partial charge in [-0.15, -0.1) is 0 Å². The summed E-state index contributed by atoms with van der Waals surface area (Å²) in [5.41, 5.74) is 3.29. The number of anilines is 1. The highest BCUT2D eigenvalue weighted by atomic mass is 19.1. The number of hydrogen-bond donors (Lipinski definition) is 1. The molecule has 0 aliphatic carbocycles. The Bertz CT molecular complexity index is 1450. The minimum absolute atomic E-state index is 0.336. The zero-order chi connectivity index (χ0) is 31.5. The number of benzene rings is 1. The van der Waals surface area contributed by atoms with Crippen molar-refractivity contribution in [2.24, 2.45) is 0 Å². The molecular weight excluding hydrogens is 551 g/mol. The third-order valence-electron chi connectivity index (χ3n) is 6.98. The van der Waals surface area contributed by atoms with Gasteiger partial charge in [0.15, 0.2) is 0 Å². The van der Waals surface area contributed by atoms with E-state index in [1.165, 1.54) is 12.3 Å². The number of rotatable bonds is 4. The normalized spacial score (nSPS) is 15.8. The fourth-order valence-corrected chi connectivity index (χ4v) is 4.78. The van der Waals surface area contributed by atoms with Crippen LogP contribution in [-0.2, 0) is 9.47 Å². The van der Waals surface area contributed by atoms with Gasteiger partial charge >= 0.3 is 12.2 Å². The van der Waals surface area contributed by atoms with E-state index >= 15 is 4.39 Å². The van der Waals surface area contributed by atoms with Crippen LogP contribution in [0.15, 0.2) is 42.6 Å². The van der Waals surface area contributed by atoms with Crippen LogP contribution in [0.3, 0.4) is 0 Å². The molecule has 0 unspecified atom stereocenters. The van der Waals surface area contributed by atoms with Gasteiger partial charge in [-0.3, -0.25) is 9.78 Å².